The van der Waals surface area contributed by atoms with E-state index in [1.54, 1.807) is 0 Å². The Morgan fingerprint density at radius 3 is 3.00 bits per heavy atom. The molecule has 0 aromatic heterocycles. The first-order chi connectivity index (χ1) is 8.66. The molecule has 18 heavy (non-hydrogen) atoms. The van der Waals surface area contributed by atoms with Crippen LogP contribution in [0.15, 0.2) is 0 Å². The van der Waals surface area contributed by atoms with Crippen LogP contribution in [0.25, 0.3) is 0 Å². The summed E-state index contributed by atoms with van der Waals surface area (Å²) in [6.07, 6.45) is 4.73. The number of piperidine rings is 1. The van der Waals surface area contributed by atoms with E-state index in [2.05, 4.69) is 11.8 Å². The van der Waals surface area contributed by atoms with Crippen LogP contribution in [-0.2, 0) is 9.53 Å². The SMILES string of the molecule is CC(C1CCOC1)N1CCCC(CCC(=O)O)C1. The lowest BCUT2D eigenvalue weighted by molar-refractivity contribution is -0.137. The van der Waals surface area contributed by atoms with E-state index >= 15 is 0 Å². The van der Waals surface area contributed by atoms with Gasteiger partial charge in [0.2, 0.25) is 0 Å². The van der Waals surface area contributed by atoms with Gasteiger partial charge in [0, 0.05) is 25.6 Å². The van der Waals surface area contributed by atoms with Crippen LogP contribution in [0, 0.1) is 11.8 Å². The van der Waals surface area contributed by atoms with Gasteiger partial charge in [-0.2, -0.15) is 0 Å². The maximum atomic E-state index is 10.6. The molecule has 2 fully saturated rings. The summed E-state index contributed by atoms with van der Waals surface area (Å²) in [6.45, 7) is 6.36. The van der Waals surface area contributed by atoms with E-state index in [9.17, 15) is 4.79 Å². The second kappa shape index (κ2) is 6.53. The van der Waals surface area contributed by atoms with Gasteiger partial charge in [-0.15, -0.1) is 0 Å². The molecule has 2 aliphatic heterocycles. The molecule has 0 radical (unpaired) electrons. The molecule has 3 unspecified atom stereocenters. The van der Waals surface area contributed by atoms with E-state index in [-0.39, 0.29) is 0 Å². The molecule has 2 saturated heterocycles. The summed E-state index contributed by atoms with van der Waals surface area (Å²) in [5.74, 6) is 0.576. The second-order valence-corrected chi connectivity index (χ2v) is 5.80. The molecule has 0 spiro atoms. The van der Waals surface area contributed by atoms with E-state index < -0.39 is 5.97 Å². The third-order valence-electron chi connectivity index (χ3n) is 4.54. The molecule has 0 bridgehead atoms. The van der Waals surface area contributed by atoms with Crippen molar-refractivity contribution in [2.45, 2.75) is 45.1 Å². The van der Waals surface area contributed by atoms with Gasteiger partial charge in [0.05, 0.1) is 6.61 Å². The Hall–Kier alpha value is -0.610. The van der Waals surface area contributed by atoms with Crippen molar-refractivity contribution in [1.29, 1.82) is 0 Å². The van der Waals surface area contributed by atoms with Crippen molar-refractivity contribution < 1.29 is 14.6 Å². The lowest BCUT2D eigenvalue weighted by atomic mass is 9.90. The molecule has 2 aliphatic rings. The molecule has 104 valence electrons. The fraction of sp³-hybridized carbons (Fsp3) is 0.929. The summed E-state index contributed by atoms with van der Waals surface area (Å²) < 4.78 is 5.47. The number of ether oxygens (including phenoxy) is 1. The molecular weight excluding hydrogens is 230 g/mol. The highest BCUT2D eigenvalue weighted by atomic mass is 16.5. The van der Waals surface area contributed by atoms with Crippen LogP contribution >= 0.6 is 0 Å². The molecule has 0 saturated carbocycles. The number of likely N-dealkylation sites (tertiary alicyclic amines) is 1. The zero-order valence-electron chi connectivity index (χ0n) is 11.3. The Morgan fingerprint density at radius 1 is 1.50 bits per heavy atom. The number of aliphatic carboxylic acids is 1. The lowest BCUT2D eigenvalue weighted by Crippen LogP contribution is -2.45. The van der Waals surface area contributed by atoms with Crippen molar-refractivity contribution in [3.63, 3.8) is 0 Å². The maximum absolute atomic E-state index is 10.6. The van der Waals surface area contributed by atoms with Crippen LogP contribution in [0.3, 0.4) is 0 Å². The normalized spacial score (nSPS) is 31.4. The topological polar surface area (TPSA) is 49.8 Å². The molecule has 0 aromatic carbocycles. The number of rotatable bonds is 5. The molecule has 2 rings (SSSR count). The summed E-state index contributed by atoms with van der Waals surface area (Å²) in [6, 6.07) is 0.583. The average Bonchev–Trinajstić information content (AvgIpc) is 2.89. The lowest BCUT2D eigenvalue weighted by Gasteiger charge is -2.39. The Kier molecular flexibility index (Phi) is 5.01. The standard InChI is InChI=1S/C14H25NO3/c1-11(13-6-8-18-10-13)15-7-2-3-12(9-15)4-5-14(16)17/h11-13H,2-10H2,1H3,(H,16,17). The highest BCUT2D eigenvalue weighted by molar-refractivity contribution is 5.66. The molecule has 3 atom stereocenters. The van der Waals surface area contributed by atoms with E-state index in [0.717, 1.165) is 26.2 Å². The summed E-state index contributed by atoms with van der Waals surface area (Å²) in [5.41, 5.74) is 0. The number of hydrogen-bond acceptors (Lipinski definition) is 3. The van der Waals surface area contributed by atoms with Gasteiger partial charge >= 0.3 is 5.97 Å². The van der Waals surface area contributed by atoms with Crippen molar-refractivity contribution in [1.82, 2.24) is 4.90 Å². The van der Waals surface area contributed by atoms with Gasteiger partial charge in [-0.25, -0.2) is 0 Å². The monoisotopic (exact) mass is 255 g/mol. The van der Waals surface area contributed by atoms with Crippen molar-refractivity contribution >= 4 is 5.97 Å². The van der Waals surface area contributed by atoms with E-state index in [1.165, 1.54) is 25.8 Å². The van der Waals surface area contributed by atoms with Gasteiger partial charge in [0.25, 0.3) is 0 Å². The van der Waals surface area contributed by atoms with Crippen molar-refractivity contribution in [3.05, 3.63) is 0 Å². The Labute approximate surface area is 109 Å². The Bertz CT molecular complexity index is 276. The van der Waals surface area contributed by atoms with E-state index in [4.69, 9.17) is 9.84 Å². The minimum absolute atomic E-state index is 0.319. The smallest absolute Gasteiger partial charge is 0.303 e. The number of hydrogen-bond donors (Lipinski definition) is 1. The first-order valence-corrected chi connectivity index (χ1v) is 7.20. The van der Waals surface area contributed by atoms with Gasteiger partial charge in [-0.1, -0.05) is 0 Å². The Balaban J connectivity index is 1.79. The maximum Gasteiger partial charge on any atom is 0.303 e. The second-order valence-electron chi connectivity index (χ2n) is 5.80. The summed E-state index contributed by atoms with van der Waals surface area (Å²) >= 11 is 0. The van der Waals surface area contributed by atoms with Crippen LogP contribution < -0.4 is 0 Å². The zero-order valence-corrected chi connectivity index (χ0v) is 11.3. The van der Waals surface area contributed by atoms with Gasteiger partial charge in [-0.05, 0) is 51.0 Å². The quantitative estimate of drug-likeness (QED) is 0.816. The van der Waals surface area contributed by atoms with Gasteiger partial charge in [0.1, 0.15) is 0 Å². The van der Waals surface area contributed by atoms with Crippen LogP contribution in [0.5, 0.6) is 0 Å². The first-order valence-electron chi connectivity index (χ1n) is 7.20. The predicted molar refractivity (Wildman–Crippen MR) is 69.6 cm³/mol. The average molecular weight is 255 g/mol. The van der Waals surface area contributed by atoms with Crippen LogP contribution in [-0.4, -0.2) is 48.3 Å². The summed E-state index contributed by atoms with van der Waals surface area (Å²) in [7, 11) is 0. The van der Waals surface area contributed by atoms with E-state index in [1.807, 2.05) is 0 Å². The van der Waals surface area contributed by atoms with Crippen molar-refractivity contribution in [2.75, 3.05) is 26.3 Å². The molecule has 0 aliphatic carbocycles. The molecule has 2 heterocycles. The largest absolute Gasteiger partial charge is 0.481 e. The Morgan fingerprint density at radius 2 is 2.33 bits per heavy atom. The molecular formula is C14H25NO3. The minimum atomic E-state index is -0.663. The van der Waals surface area contributed by atoms with Crippen molar-refractivity contribution in [3.8, 4) is 0 Å². The molecule has 1 N–H and O–H groups in total. The number of carboxylic acid groups (broad SMARTS) is 1. The molecule has 0 aromatic rings. The number of nitrogens with zero attached hydrogens (tertiary/aromatic N) is 1. The highest BCUT2D eigenvalue weighted by Crippen LogP contribution is 2.27. The van der Waals surface area contributed by atoms with Crippen LogP contribution in [0.2, 0.25) is 0 Å². The summed E-state index contributed by atoms with van der Waals surface area (Å²) in [4.78, 5) is 13.2. The first kappa shape index (κ1) is 13.8. The van der Waals surface area contributed by atoms with E-state index in [0.29, 0.717) is 24.3 Å². The molecule has 0 amide bonds. The third-order valence-corrected chi connectivity index (χ3v) is 4.54. The number of carboxylic acids is 1. The van der Waals surface area contributed by atoms with Crippen LogP contribution in [0.1, 0.15) is 39.0 Å². The predicted octanol–water partition coefficient (Wildman–Crippen LogP) is 1.99. The minimum Gasteiger partial charge on any atom is -0.481 e. The third kappa shape index (κ3) is 3.69. The zero-order chi connectivity index (χ0) is 13.0. The fourth-order valence-corrected chi connectivity index (χ4v) is 3.26. The molecule has 4 heteroatoms. The van der Waals surface area contributed by atoms with Gasteiger partial charge in [-0.3, -0.25) is 4.79 Å². The van der Waals surface area contributed by atoms with Crippen molar-refractivity contribution in [2.24, 2.45) is 11.8 Å². The van der Waals surface area contributed by atoms with Gasteiger partial charge < -0.3 is 14.7 Å². The molecule has 4 nitrogen and oxygen atoms in total. The highest BCUT2D eigenvalue weighted by Gasteiger charge is 2.30. The number of carbonyl (C=O) groups is 1. The van der Waals surface area contributed by atoms with Crippen LogP contribution in [0.4, 0.5) is 0 Å². The van der Waals surface area contributed by atoms with Gasteiger partial charge in [0.15, 0.2) is 0 Å². The fourth-order valence-electron chi connectivity index (χ4n) is 3.26. The summed E-state index contributed by atoms with van der Waals surface area (Å²) in [5, 5.41) is 8.76.